The molecule has 0 aromatic carbocycles. The van der Waals surface area contributed by atoms with Crippen molar-refractivity contribution in [1.82, 2.24) is 15.0 Å². The predicted molar refractivity (Wildman–Crippen MR) is 150 cm³/mol. The number of carbonyl (C=O) groups excluding carboxylic acids is 1. The van der Waals surface area contributed by atoms with Gasteiger partial charge in [0, 0.05) is 55.8 Å². The van der Waals surface area contributed by atoms with Crippen LogP contribution in [0.25, 0.3) is 11.3 Å². The minimum absolute atomic E-state index is 0.0821. The molecule has 0 aliphatic carbocycles. The van der Waals surface area contributed by atoms with E-state index in [1.54, 1.807) is 17.0 Å². The van der Waals surface area contributed by atoms with E-state index < -0.39 is 27.9 Å². The smallest absolute Gasteiger partial charge is 0.479 e. The zero-order valence-electron chi connectivity index (χ0n) is 23.7. The number of ether oxygens (including phenoxy) is 3. The Labute approximate surface area is 245 Å². The number of hydrogen-bond acceptors (Lipinski definition) is 11. The normalized spacial score (nSPS) is 17.9. The Balaban J connectivity index is 1.53. The third kappa shape index (κ3) is 7.43. The lowest BCUT2D eigenvalue weighted by Gasteiger charge is -2.31. The Morgan fingerprint density at radius 2 is 1.93 bits per heavy atom. The largest absolute Gasteiger partial charge is 0.522 e. The summed E-state index contributed by atoms with van der Waals surface area (Å²) in [4.78, 5) is 26.4. The topological polar surface area (TPSA) is 145 Å². The van der Waals surface area contributed by atoms with Crippen LogP contribution < -0.4 is 25.0 Å². The first-order valence-electron chi connectivity index (χ1n) is 13.1. The van der Waals surface area contributed by atoms with Crippen LogP contribution in [0.15, 0.2) is 41.6 Å². The number of nitrogens with zero attached hydrogens (tertiary/aromatic N) is 4. The predicted octanol–water partition coefficient (Wildman–Crippen LogP) is 4.31. The van der Waals surface area contributed by atoms with Gasteiger partial charge in [0.25, 0.3) is 5.88 Å². The number of aromatic nitrogens is 3. The number of fused-ring (bicyclic) bond motifs is 1. The standard InChI is InChI=1S/C27H29F3N6O6S/c1-15(37)32-22-11-20(18(12-31-22)19-5-6-21-25(34-19)40-14-26(2,3)42-21)33-23-9-16(10-24(35-23)43(4,38)39)36-8-7-17(13-36)41-27(28,29)30/h5-6,9-12,17H,7-8,13-14H2,1-4H3,(H2,31,32,33,35,37)/t17-/m0/s1. The first-order valence-corrected chi connectivity index (χ1v) is 15.0. The van der Waals surface area contributed by atoms with Crippen molar-refractivity contribution in [2.24, 2.45) is 0 Å². The van der Waals surface area contributed by atoms with Gasteiger partial charge in [-0.15, -0.1) is 13.2 Å². The van der Waals surface area contributed by atoms with Gasteiger partial charge in [0.1, 0.15) is 23.8 Å². The molecular formula is C27H29F3N6O6S. The summed E-state index contributed by atoms with van der Waals surface area (Å²) >= 11 is 0. The van der Waals surface area contributed by atoms with Crippen LogP contribution in [-0.4, -0.2) is 73.3 Å². The Kier molecular flexibility index (Phi) is 7.85. The monoisotopic (exact) mass is 622 g/mol. The highest BCUT2D eigenvalue weighted by Gasteiger charge is 2.37. The highest BCUT2D eigenvalue weighted by atomic mass is 32.2. The van der Waals surface area contributed by atoms with Gasteiger partial charge in [0.05, 0.1) is 17.5 Å². The molecule has 3 aromatic rings. The summed E-state index contributed by atoms with van der Waals surface area (Å²) in [7, 11) is -3.82. The lowest BCUT2D eigenvalue weighted by molar-refractivity contribution is -0.339. The fourth-order valence-corrected chi connectivity index (χ4v) is 5.25. The van der Waals surface area contributed by atoms with Gasteiger partial charge in [-0.1, -0.05) is 0 Å². The molecule has 2 aliphatic heterocycles. The lowest BCUT2D eigenvalue weighted by atomic mass is 10.1. The SMILES string of the molecule is CC(=O)Nc1cc(Nc2cc(N3CC[C@H](OC(F)(F)F)C3)cc(S(C)(=O)=O)n2)c(-c2ccc3c(n2)OCC(C)(C)O3)cn1. The van der Waals surface area contributed by atoms with Crippen LogP contribution in [-0.2, 0) is 19.4 Å². The number of pyridine rings is 3. The Hall–Kier alpha value is -4.18. The maximum Gasteiger partial charge on any atom is 0.522 e. The highest BCUT2D eigenvalue weighted by Crippen LogP contribution is 2.38. The van der Waals surface area contributed by atoms with Gasteiger partial charge in [-0.05, 0) is 38.5 Å². The quantitative estimate of drug-likeness (QED) is 0.389. The average molecular weight is 623 g/mol. The number of rotatable bonds is 7. The molecule has 1 amide bonds. The van der Waals surface area contributed by atoms with Crippen molar-refractivity contribution < 1.29 is 40.6 Å². The lowest BCUT2D eigenvalue weighted by Crippen LogP contribution is -2.39. The molecule has 0 spiro atoms. The van der Waals surface area contributed by atoms with E-state index in [4.69, 9.17) is 9.47 Å². The third-order valence-corrected chi connectivity index (χ3v) is 7.46. The van der Waals surface area contributed by atoms with Gasteiger partial charge in [-0.2, -0.15) is 0 Å². The van der Waals surface area contributed by atoms with Crippen molar-refractivity contribution in [3.63, 3.8) is 0 Å². The summed E-state index contributed by atoms with van der Waals surface area (Å²) in [5.41, 5.74) is 1.04. The zero-order chi connectivity index (χ0) is 31.2. The van der Waals surface area contributed by atoms with Gasteiger partial charge < -0.3 is 25.0 Å². The summed E-state index contributed by atoms with van der Waals surface area (Å²) in [6, 6.07) is 7.75. The Bertz CT molecular complexity index is 1670. The van der Waals surface area contributed by atoms with Crippen LogP contribution in [0.2, 0.25) is 0 Å². The van der Waals surface area contributed by atoms with Crippen LogP contribution >= 0.6 is 0 Å². The van der Waals surface area contributed by atoms with Gasteiger partial charge in [-0.3, -0.25) is 9.53 Å². The average Bonchev–Trinajstić information content (AvgIpc) is 3.34. The van der Waals surface area contributed by atoms with Gasteiger partial charge in [0.2, 0.25) is 5.91 Å². The van der Waals surface area contributed by atoms with E-state index in [1.165, 1.54) is 31.3 Å². The number of nitrogens with one attached hydrogen (secondary N) is 2. The number of amides is 1. The van der Waals surface area contributed by atoms with Crippen LogP contribution in [0.5, 0.6) is 11.6 Å². The van der Waals surface area contributed by atoms with E-state index in [0.717, 1.165) is 6.26 Å². The molecule has 16 heteroatoms. The number of sulfone groups is 1. The van der Waals surface area contributed by atoms with Gasteiger partial charge in [-0.25, -0.2) is 23.4 Å². The molecule has 0 radical (unpaired) electrons. The van der Waals surface area contributed by atoms with E-state index >= 15 is 0 Å². The number of anilines is 4. The second kappa shape index (κ2) is 11.1. The van der Waals surface area contributed by atoms with E-state index in [1.807, 2.05) is 13.8 Å². The summed E-state index contributed by atoms with van der Waals surface area (Å²) < 4.78 is 79.3. The van der Waals surface area contributed by atoms with E-state index in [2.05, 4.69) is 30.3 Å². The molecule has 1 atom stereocenters. The molecule has 2 aliphatic rings. The molecule has 0 saturated carbocycles. The van der Waals surface area contributed by atoms with Crippen molar-refractivity contribution in [1.29, 1.82) is 0 Å². The maximum absolute atomic E-state index is 12.8. The van der Waals surface area contributed by atoms with Crippen LogP contribution in [0, 0.1) is 0 Å². The molecule has 5 heterocycles. The molecule has 5 rings (SSSR count). The summed E-state index contributed by atoms with van der Waals surface area (Å²) in [5, 5.41) is 5.40. The van der Waals surface area contributed by atoms with Crippen molar-refractivity contribution in [3.8, 4) is 22.9 Å². The van der Waals surface area contributed by atoms with E-state index in [0.29, 0.717) is 28.4 Å². The number of alkyl halides is 3. The molecule has 2 N–H and O–H groups in total. The van der Waals surface area contributed by atoms with Crippen molar-refractivity contribution in [2.75, 3.05) is 41.5 Å². The van der Waals surface area contributed by atoms with Gasteiger partial charge in [0.15, 0.2) is 20.6 Å². The number of halogens is 3. The fourth-order valence-electron chi connectivity index (χ4n) is 4.65. The van der Waals surface area contributed by atoms with Crippen molar-refractivity contribution in [3.05, 3.63) is 36.5 Å². The Morgan fingerprint density at radius 1 is 1.16 bits per heavy atom. The minimum Gasteiger partial charge on any atom is -0.479 e. The zero-order valence-corrected chi connectivity index (χ0v) is 24.5. The molecule has 3 aromatic heterocycles. The molecule has 43 heavy (non-hydrogen) atoms. The van der Waals surface area contributed by atoms with Crippen molar-refractivity contribution in [2.45, 2.75) is 50.3 Å². The first-order chi connectivity index (χ1) is 20.0. The molecule has 1 saturated heterocycles. The van der Waals surface area contributed by atoms with Crippen LogP contribution in [0.1, 0.15) is 27.2 Å². The summed E-state index contributed by atoms with van der Waals surface area (Å²) in [5.74, 6) is 0.652. The fraction of sp³-hybridized carbons (Fsp3) is 0.407. The summed E-state index contributed by atoms with van der Waals surface area (Å²) in [6.07, 6.45) is -3.34. The van der Waals surface area contributed by atoms with Crippen LogP contribution in [0.3, 0.4) is 0 Å². The summed E-state index contributed by atoms with van der Waals surface area (Å²) in [6.45, 7) is 5.47. The molecule has 0 bridgehead atoms. The van der Waals surface area contributed by atoms with Gasteiger partial charge >= 0.3 is 6.36 Å². The minimum atomic E-state index is -4.79. The molecule has 230 valence electrons. The Morgan fingerprint density at radius 3 is 2.63 bits per heavy atom. The molecule has 1 fully saturated rings. The number of carbonyl (C=O) groups is 1. The van der Waals surface area contributed by atoms with Crippen molar-refractivity contribution >= 4 is 38.8 Å². The molecular weight excluding hydrogens is 593 g/mol. The van der Waals surface area contributed by atoms with E-state index in [9.17, 15) is 26.4 Å². The maximum atomic E-state index is 12.8. The van der Waals surface area contributed by atoms with Crippen LogP contribution in [0.4, 0.5) is 36.2 Å². The molecule has 12 nitrogen and oxygen atoms in total. The second-order valence-electron chi connectivity index (χ2n) is 10.8. The molecule has 0 unspecified atom stereocenters. The van der Waals surface area contributed by atoms with E-state index in [-0.39, 0.29) is 54.6 Å². The highest BCUT2D eigenvalue weighted by molar-refractivity contribution is 7.90. The number of hydrogen-bond donors (Lipinski definition) is 2. The first kappa shape index (κ1) is 30.3. The second-order valence-corrected chi connectivity index (χ2v) is 12.8. The third-order valence-electron chi connectivity index (χ3n) is 6.49.